The first-order chi connectivity index (χ1) is 16.4. The SMILES string of the molecule is CCN1CC(=O)N(CC(C)(C)CCCCCCCCCC(C)(C)CN2C(=O)CN(CC)C2S)C1S. The average Bonchev–Trinajstić information content (AvgIpc) is 3.21. The van der Waals surface area contributed by atoms with Gasteiger partial charge in [0.05, 0.1) is 13.1 Å². The predicted molar refractivity (Wildman–Crippen MR) is 153 cm³/mol. The van der Waals surface area contributed by atoms with E-state index in [0.717, 1.165) is 39.0 Å². The highest BCUT2D eigenvalue weighted by molar-refractivity contribution is 7.81. The molecule has 2 fully saturated rings. The molecule has 0 aromatic carbocycles. The van der Waals surface area contributed by atoms with E-state index < -0.39 is 0 Å². The molecule has 6 nitrogen and oxygen atoms in total. The second kappa shape index (κ2) is 13.9. The number of unbranched alkanes of at least 4 members (excludes halogenated alkanes) is 6. The number of carbonyl (C=O) groups is 2. The van der Waals surface area contributed by atoms with Crippen LogP contribution in [-0.2, 0) is 9.59 Å². The van der Waals surface area contributed by atoms with Gasteiger partial charge in [0.1, 0.15) is 11.0 Å². The molecule has 2 saturated heterocycles. The van der Waals surface area contributed by atoms with Crippen LogP contribution in [0.15, 0.2) is 0 Å². The Labute approximate surface area is 226 Å². The maximum atomic E-state index is 12.3. The first-order valence-corrected chi connectivity index (χ1v) is 14.9. The summed E-state index contributed by atoms with van der Waals surface area (Å²) in [5.74, 6) is 0.423. The summed E-state index contributed by atoms with van der Waals surface area (Å²) < 4.78 is 0. The molecule has 0 bridgehead atoms. The number of carbonyl (C=O) groups excluding carboxylic acids is 2. The standard InChI is InChI=1S/C27H52N4O2S2/c1-7-28-18-22(32)30(24(28)34)20-26(3,4)16-14-12-10-9-11-13-15-17-27(5,6)21-31-23(33)19-29(8-2)25(31)35/h24-25,34-35H,7-21H2,1-6H3. The van der Waals surface area contributed by atoms with Gasteiger partial charge in [-0.2, -0.15) is 0 Å². The predicted octanol–water partition coefficient (Wildman–Crippen LogP) is 5.30. The zero-order valence-electron chi connectivity index (χ0n) is 23.3. The normalized spacial score (nSPS) is 22.7. The zero-order valence-corrected chi connectivity index (χ0v) is 25.0. The maximum absolute atomic E-state index is 12.3. The van der Waals surface area contributed by atoms with Crippen molar-refractivity contribution >= 4 is 37.1 Å². The molecular weight excluding hydrogens is 476 g/mol. The third-order valence-electron chi connectivity index (χ3n) is 7.74. The molecule has 0 aliphatic carbocycles. The smallest absolute Gasteiger partial charge is 0.238 e. The van der Waals surface area contributed by atoms with Crippen molar-refractivity contribution < 1.29 is 9.59 Å². The van der Waals surface area contributed by atoms with E-state index in [4.69, 9.17) is 0 Å². The Morgan fingerprint density at radius 1 is 0.657 bits per heavy atom. The molecule has 2 aliphatic rings. The molecule has 2 atom stereocenters. The zero-order chi connectivity index (χ0) is 26.2. The van der Waals surface area contributed by atoms with Crippen molar-refractivity contribution in [3.8, 4) is 0 Å². The molecule has 0 radical (unpaired) electrons. The van der Waals surface area contributed by atoms with E-state index >= 15 is 0 Å². The summed E-state index contributed by atoms with van der Waals surface area (Å²) in [6, 6.07) is 0. The molecule has 204 valence electrons. The Morgan fingerprint density at radius 3 is 1.26 bits per heavy atom. The second-order valence-corrected chi connectivity index (χ2v) is 13.1. The molecule has 0 saturated carbocycles. The van der Waals surface area contributed by atoms with E-state index in [1.807, 2.05) is 9.80 Å². The van der Waals surface area contributed by atoms with Gasteiger partial charge in [0.25, 0.3) is 0 Å². The van der Waals surface area contributed by atoms with E-state index in [1.165, 1.54) is 44.9 Å². The fraction of sp³-hybridized carbons (Fsp3) is 0.926. The molecule has 0 aromatic rings. The molecule has 0 spiro atoms. The van der Waals surface area contributed by atoms with E-state index in [0.29, 0.717) is 13.1 Å². The van der Waals surface area contributed by atoms with E-state index in [-0.39, 0.29) is 33.6 Å². The van der Waals surface area contributed by atoms with Gasteiger partial charge in [-0.3, -0.25) is 19.4 Å². The molecule has 2 heterocycles. The molecule has 8 heteroatoms. The van der Waals surface area contributed by atoms with Gasteiger partial charge in [0, 0.05) is 13.1 Å². The van der Waals surface area contributed by atoms with Crippen LogP contribution in [0.3, 0.4) is 0 Å². The monoisotopic (exact) mass is 528 g/mol. The number of hydrogen-bond acceptors (Lipinski definition) is 6. The van der Waals surface area contributed by atoms with Crippen LogP contribution in [0, 0.1) is 10.8 Å². The van der Waals surface area contributed by atoms with Gasteiger partial charge in [0.15, 0.2) is 0 Å². The van der Waals surface area contributed by atoms with Gasteiger partial charge in [-0.15, -0.1) is 25.3 Å². The Hall–Kier alpha value is -0.440. The first kappa shape index (κ1) is 30.8. The lowest BCUT2D eigenvalue weighted by atomic mass is 9.85. The molecule has 2 rings (SSSR count). The highest BCUT2D eigenvalue weighted by atomic mass is 32.1. The lowest BCUT2D eigenvalue weighted by molar-refractivity contribution is -0.129. The van der Waals surface area contributed by atoms with Crippen LogP contribution in [0.4, 0.5) is 0 Å². The van der Waals surface area contributed by atoms with Crippen LogP contribution in [0.2, 0.25) is 0 Å². The van der Waals surface area contributed by atoms with Gasteiger partial charge in [-0.1, -0.05) is 86.5 Å². The van der Waals surface area contributed by atoms with Crippen molar-refractivity contribution in [1.29, 1.82) is 0 Å². The highest BCUT2D eigenvalue weighted by Crippen LogP contribution is 2.31. The van der Waals surface area contributed by atoms with Crippen molar-refractivity contribution in [3.05, 3.63) is 0 Å². The minimum atomic E-state index is -0.0713. The molecule has 2 amide bonds. The fourth-order valence-electron chi connectivity index (χ4n) is 5.41. The summed E-state index contributed by atoms with van der Waals surface area (Å²) in [6.45, 7) is 17.6. The Balaban J connectivity index is 1.54. The third-order valence-corrected chi connectivity index (χ3v) is 8.96. The van der Waals surface area contributed by atoms with Gasteiger partial charge in [-0.05, 0) is 36.8 Å². The number of thiol groups is 2. The third kappa shape index (κ3) is 9.42. The Morgan fingerprint density at radius 2 is 0.971 bits per heavy atom. The van der Waals surface area contributed by atoms with Crippen LogP contribution in [0.1, 0.15) is 99.3 Å². The number of rotatable bonds is 16. The maximum Gasteiger partial charge on any atom is 0.238 e. The highest BCUT2D eigenvalue weighted by Gasteiger charge is 2.38. The quantitative estimate of drug-likeness (QED) is 0.211. The van der Waals surface area contributed by atoms with Crippen LogP contribution >= 0.6 is 25.3 Å². The summed E-state index contributed by atoms with van der Waals surface area (Å²) >= 11 is 9.34. The first-order valence-electron chi connectivity index (χ1n) is 13.8. The second-order valence-electron chi connectivity index (χ2n) is 12.2. The Kier molecular flexibility index (Phi) is 12.2. The summed E-state index contributed by atoms with van der Waals surface area (Å²) in [6.07, 6.45) is 11.1. The summed E-state index contributed by atoms with van der Waals surface area (Å²) in [5, 5.41) is 0. The van der Waals surface area contributed by atoms with Crippen molar-refractivity contribution in [2.45, 2.75) is 110 Å². The molecular formula is C27H52N4O2S2. The van der Waals surface area contributed by atoms with Gasteiger partial charge < -0.3 is 9.80 Å². The van der Waals surface area contributed by atoms with Gasteiger partial charge in [0.2, 0.25) is 11.8 Å². The topological polar surface area (TPSA) is 47.1 Å². The minimum Gasteiger partial charge on any atom is -0.316 e. The lowest BCUT2D eigenvalue weighted by Gasteiger charge is -2.33. The van der Waals surface area contributed by atoms with Gasteiger partial charge >= 0.3 is 0 Å². The number of likely N-dealkylation sites (N-methyl/N-ethyl adjacent to an activating group) is 2. The van der Waals surface area contributed by atoms with Crippen LogP contribution in [0.5, 0.6) is 0 Å². The summed E-state index contributed by atoms with van der Waals surface area (Å²) in [4.78, 5) is 32.8. The van der Waals surface area contributed by atoms with Crippen molar-refractivity contribution in [1.82, 2.24) is 19.6 Å². The van der Waals surface area contributed by atoms with E-state index in [2.05, 4.69) is 76.6 Å². The molecule has 2 unspecified atom stereocenters. The van der Waals surface area contributed by atoms with Crippen LogP contribution < -0.4 is 0 Å². The summed E-state index contributed by atoms with van der Waals surface area (Å²) in [5.41, 5.74) is 0.113. The fourth-order valence-corrected chi connectivity index (χ4v) is 6.32. The lowest BCUT2D eigenvalue weighted by Crippen LogP contribution is -2.41. The Bertz CT molecular complexity index is 632. The molecule has 2 aliphatic heterocycles. The average molecular weight is 529 g/mol. The molecule has 35 heavy (non-hydrogen) atoms. The van der Waals surface area contributed by atoms with E-state index in [9.17, 15) is 9.59 Å². The minimum absolute atomic E-state index is 0.0713. The number of hydrogen-bond donors (Lipinski definition) is 2. The van der Waals surface area contributed by atoms with Crippen LogP contribution in [0.25, 0.3) is 0 Å². The number of nitrogens with zero attached hydrogens (tertiary/aromatic N) is 4. The van der Waals surface area contributed by atoms with E-state index in [1.54, 1.807) is 0 Å². The largest absolute Gasteiger partial charge is 0.316 e. The molecule has 0 N–H and O–H groups in total. The summed E-state index contributed by atoms with van der Waals surface area (Å²) in [7, 11) is 0. The van der Waals surface area contributed by atoms with Crippen LogP contribution in [-0.4, -0.2) is 81.7 Å². The van der Waals surface area contributed by atoms with Crippen molar-refractivity contribution in [3.63, 3.8) is 0 Å². The van der Waals surface area contributed by atoms with Gasteiger partial charge in [-0.25, -0.2) is 0 Å². The molecule has 0 aromatic heterocycles. The number of amides is 2. The van der Waals surface area contributed by atoms with Crippen molar-refractivity contribution in [2.75, 3.05) is 39.3 Å². The van der Waals surface area contributed by atoms with Crippen molar-refractivity contribution in [2.24, 2.45) is 10.8 Å².